The van der Waals surface area contributed by atoms with Crippen molar-refractivity contribution in [3.05, 3.63) is 68.2 Å². The van der Waals surface area contributed by atoms with E-state index < -0.39 is 0 Å². The Bertz CT molecular complexity index is 1200. The highest BCUT2D eigenvalue weighted by Crippen LogP contribution is 2.33. The summed E-state index contributed by atoms with van der Waals surface area (Å²) in [5, 5.41) is 6.03. The number of fused-ring (bicyclic) bond motifs is 1. The third-order valence-electron chi connectivity index (χ3n) is 6.30. The average Bonchev–Trinajstić information content (AvgIpc) is 3.37. The van der Waals surface area contributed by atoms with Crippen molar-refractivity contribution in [1.29, 1.82) is 0 Å². The normalized spacial score (nSPS) is 18.3. The Balaban J connectivity index is 1.40. The predicted molar refractivity (Wildman–Crippen MR) is 126 cm³/mol. The SMILES string of the molecule is Cc1csc(Nc2cccc(C3CCCN3C(=O)c3cc4c([nH]c3=O)CCCCC4)n2)n1. The largest absolute Gasteiger partial charge is 0.330 e. The van der Waals surface area contributed by atoms with Crippen LogP contribution >= 0.6 is 11.3 Å². The lowest BCUT2D eigenvalue weighted by Crippen LogP contribution is -2.35. The first kappa shape index (κ1) is 20.9. The van der Waals surface area contributed by atoms with Crippen LogP contribution in [0.3, 0.4) is 0 Å². The van der Waals surface area contributed by atoms with Gasteiger partial charge in [-0.05, 0) is 69.2 Å². The van der Waals surface area contributed by atoms with Crippen LogP contribution in [0.25, 0.3) is 0 Å². The van der Waals surface area contributed by atoms with Crippen molar-refractivity contribution in [3.63, 3.8) is 0 Å². The number of rotatable bonds is 4. The number of amides is 1. The van der Waals surface area contributed by atoms with Gasteiger partial charge in [0.25, 0.3) is 11.5 Å². The van der Waals surface area contributed by atoms with Crippen LogP contribution in [0.2, 0.25) is 0 Å². The van der Waals surface area contributed by atoms with E-state index in [1.54, 1.807) is 0 Å². The minimum absolute atomic E-state index is 0.138. The molecule has 1 amide bonds. The minimum Gasteiger partial charge on any atom is -0.330 e. The van der Waals surface area contributed by atoms with E-state index in [2.05, 4.69) is 15.3 Å². The summed E-state index contributed by atoms with van der Waals surface area (Å²) in [6.07, 6.45) is 6.87. The Labute approximate surface area is 190 Å². The van der Waals surface area contributed by atoms with Crippen LogP contribution in [0, 0.1) is 6.92 Å². The number of thiazole rings is 1. The molecule has 0 saturated carbocycles. The molecule has 1 saturated heterocycles. The van der Waals surface area contributed by atoms with Crippen LogP contribution in [0.1, 0.15) is 71.1 Å². The Kier molecular flexibility index (Phi) is 5.78. The van der Waals surface area contributed by atoms with Crippen molar-refractivity contribution in [2.45, 2.75) is 57.9 Å². The van der Waals surface area contributed by atoms with Gasteiger partial charge in [0.05, 0.1) is 17.4 Å². The Morgan fingerprint density at radius 3 is 2.91 bits per heavy atom. The lowest BCUT2D eigenvalue weighted by Gasteiger charge is -2.25. The van der Waals surface area contributed by atoms with Crippen LogP contribution in [0.5, 0.6) is 0 Å². The van der Waals surface area contributed by atoms with Crippen molar-refractivity contribution >= 4 is 28.2 Å². The fraction of sp³-hybridized carbons (Fsp3) is 0.417. The van der Waals surface area contributed by atoms with Gasteiger partial charge in [0.15, 0.2) is 5.13 Å². The summed E-state index contributed by atoms with van der Waals surface area (Å²) < 4.78 is 0. The molecule has 1 unspecified atom stereocenters. The van der Waals surface area contributed by atoms with E-state index in [0.717, 1.165) is 72.7 Å². The second-order valence-electron chi connectivity index (χ2n) is 8.60. The number of likely N-dealkylation sites (tertiary alicyclic amines) is 1. The Hall–Kier alpha value is -3.00. The smallest absolute Gasteiger partial charge is 0.261 e. The number of H-pyrrole nitrogens is 1. The molecule has 0 radical (unpaired) electrons. The zero-order valence-electron chi connectivity index (χ0n) is 18.2. The summed E-state index contributed by atoms with van der Waals surface area (Å²) in [7, 11) is 0. The van der Waals surface area contributed by atoms with Gasteiger partial charge in [-0.1, -0.05) is 12.5 Å². The number of carbonyl (C=O) groups is 1. The molecule has 1 aliphatic carbocycles. The molecule has 32 heavy (non-hydrogen) atoms. The summed E-state index contributed by atoms with van der Waals surface area (Å²) in [6.45, 7) is 2.59. The van der Waals surface area contributed by atoms with E-state index in [9.17, 15) is 9.59 Å². The molecule has 4 heterocycles. The van der Waals surface area contributed by atoms with E-state index >= 15 is 0 Å². The van der Waals surface area contributed by atoms with E-state index in [0.29, 0.717) is 12.4 Å². The number of carbonyl (C=O) groups excluding carboxylic acids is 1. The lowest BCUT2D eigenvalue weighted by atomic mass is 10.0. The predicted octanol–water partition coefficient (Wildman–Crippen LogP) is 4.52. The number of aromatic amines is 1. The fourth-order valence-corrected chi connectivity index (χ4v) is 5.41. The number of pyridine rings is 2. The van der Waals surface area contributed by atoms with Gasteiger partial charge in [-0.25, -0.2) is 9.97 Å². The Morgan fingerprint density at radius 2 is 2.06 bits per heavy atom. The van der Waals surface area contributed by atoms with Crippen LogP contribution in [-0.4, -0.2) is 32.3 Å². The van der Waals surface area contributed by atoms with Crippen molar-refractivity contribution < 1.29 is 4.79 Å². The zero-order valence-corrected chi connectivity index (χ0v) is 19.0. The molecule has 166 valence electrons. The minimum atomic E-state index is -0.274. The maximum atomic E-state index is 13.5. The molecule has 3 aromatic heterocycles. The van der Waals surface area contributed by atoms with Crippen molar-refractivity contribution in [2.75, 3.05) is 11.9 Å². The molecule has 7 nitrogen and oxygen atoms in total. The number of aryl methyl sites for hydroxylation is 3. The number of aromatic nitrogens is 3. The van der Waals surface area contributed by atoms with Crippen LogP contribution in [0.4, 0.5) is 10.9 Å². The first-order valence-electron chi connectivity index (χ1n) is 11.3. The third-order valence-corrected chi connectivity index (χ3v) is 7.17. The van der Waals surface area contributed by atoms with E-state index in [1.165, 1.54) is 11.3 Å². The second-order valence-corrected chi connectivity index (χ2v) is 9.46. The Morgan fingerprint density at radius 1 is 1.19 bits per heavy atom. The summed E-state index contributed by atoms with van der Waals surface area (Å²) in [5.41, 5.74) is 3.89. The molecule has 3 aromatic rings. The molecule has 0 spiro atoms. The molecule has 0 aromatic carbocycles. The third kappa shape index (κ3) is 4.19. The van der Waals surface area contributed by atoms with Crippen LogP contribution in [0.15, 0.2) is 34.4 Å². The number of nitrogens with zero attached hydrogens (tertiary/aromatic N) is 3. The van der Waals surface area contributed by atoms with Crippen LogP contribution in [-0.2, 0) is 12.8 Å². The summed E-state index contributed by atoms with van der Waals surface area (Å²) in [4.78, 5) is 40.2. The molecule has 2 N–H and O–H groups in total. The van der Waals surface area contributed by atoms with Crippen molar-refractivity contribution in [2.24, 2.45) is 0 Å². The molecule has 2 aliphatic rings. The van der Waals surface area contributed by atoms with Crippen molar-refractivity contribution in [3.8, 4) is 0 Å². The van der Waals surface area contributed by atoms with Gasteiger partial charge >= 0.3 is 0 Å². The summed E-state index contributed by atoms with van der Waals surface area (Å²) in [5.74, 6) is 0.510. The molecular weight excluding hydrogens is 422 g/mol. The van der Waals surface area contributed by atoms with E-state index in [1.807, 2.05) is 41.5 Å². The van der Waals surface area contributed by atoms with Crippen molar-refractivity contribution in [1.82, 2.24) is 19.9 Å². The summed E-state index contributed by atoms with van der Waals surface area (Å²) in [6, 6.07) is 7.50. The number of anilines is 2. The fourth-order valence-electron chi connectivity index (χ4n) is 4.71. The van der Waals surface area contributed by atoms with E-state index in [-0.39, 0.29) is 23.1 Å². The lowest BCUT2D eigenvalue weighted by molar-refractivity contribution is 0.0731. The van der Waals surface area contributed by atoms with E-state index in [4.69, 9.17) is 4.98 Å². The molecule has 1 fully saturated rings. The number of hydrogen-bond acceptors (Lipinski definition) is 6. The highest BCUT2D eigenvalue weighted by molar-refractivity contribution is 7.13. The van der Waals surface area contributed by atoms with Gasteiger partial charge in [-0.2, -0.15) is 0 Å². The number of hydrogen-bond donors (Lipinski definition) is 2. The molecule has 1 aliphatic heterocycles. The first-order valence-corrected chi connectivity index (χ1v) is 12.2. The quantitative estimate of drug-likeness (QED) is 0.571. The van der Waals surface area contributed by atoms with Crippen LogP contribution < -0.4 is 10.9 Å². The number of nitrogens with one attached hydrogen (secondary N) is 2. The molecule has 5 rings (SSSR count). The molecule has 8 heteroatoms. The van der Waals surface area contributed by atoms with Gasteiger partial charge in [-0.3, -0.25) is 9.59 Å². The highest BCUT2D eigenvalue weighted by Gasteiger charge is 2.33. The molecule has 0 bridgehead atoms. The second kappa shape index (κ2) is 8.86. The van der Waals surface area contributed by atoms with Gasteiger partial charge in [0, 0.05) is 17.6 Å². The molecular formula is C24H27N5O2S. The topological polar surface area (TPSA) is 91.0 Å². The average molecular weight is 450 g/mol. The monoisotopic (exact) mass is 449 g/mol. The standard InChI is InChI=1S/C24H27N5O2S/c1-15-14-32-24(25-15)28-21-11-5-9-19(26-21)20-10-6-12-29(20)23(31)17-13-16-7-3-2-4-8-18(16)27-22(17)30/h5,9,11,13-14,20H,2-4,6-8,10,12H2,1H3,(H,27,30)(H,25,26,28). The zero-order chi connectivity index (χ0) is 22.1. The van der Waals surface area contributed by atoms with Gasteiger partial charge in [-0.15, -0.1) is 11.3 Å². The van der Waals surface area contributed by atoms with Gasteiger partial charge in [0.1, 0.15) is 11.4 Å². The summed E-state index contributed by atoms with van der Waals surface area (Å²) >= 11 is 1.53. The maximum Gasteiger partial charge on any atom is 0.261 e. The van der Waals surface area contributed by atoms with Gasteiger partial charge < -0.3 is 15.2 Å². The first-order chi connectivity index (χ1) is 15.6. The molecule has 1 atom stereocenters. The highest BCUT2D eigenvalue weighted by atomic mass is 32.1. The van der Waals surface area contributed by atoms with Gasteiger partial charge in [0.2, 0.25) is 0 Å². The maximum absolute atomic E-state index is 13.5.